The molecule has 0 aliphatic heterocycles. The van der Waals surface area contributed by atoms with Crippen LogP contribution in [0.15, 0.2) is 54.6 Å². The van der Waals surface area contributed by atoms with Crippen LogP contribution in [0.3, 0.4) is 0 Å². The molecule has 0 spiro atoms. The van der Waals surface area contributed by atoms with Crippen LogP contribution in [-0.4, -0.2) is 30.7 Å². The summed E-state index contributed by atoms with van der Waals surface area (Å²) < 4.78 is 29.9. The van der Waals surface area contributed by atoms with Gasteiger partial charge in [0.25, 0.3) is 4.92 Å². The minimum absolute atomic E-state index is 0.162. The van der Waals surface area contributed by atoms with E-state index in [1.54, 1.807) is 30.3 Å². The third kappa shape index (κ3) is 8.03. The number of rotatable bonds is 10. The van der Waals surface area contributed by atoms with E-state index < -0.39 is 19.8 Å². The molecular formula is C21H28N2O7P+. The van der Waals surface area contributed by atoms with E-state index in [2.05, 4.69) is 9.92 Å². The van der Waals surface area contributed by atoms with Crippen molar-refractivity contribution in [2.45, 2.75) is 33.7 Å². The van der Waals surface area contributed by atoms with E-state index >= 15 is 0 Å². The number of hydrogen-bond donors (Lipinski definition) is 1. The van der Waals surface area contributed by atoms with Crippen molar-refractivity contribution in [3.63, 3.8) is 0 Å². The van der Waals surface area contributed by atoms with Crippen LogP contribution in [0.4, 0.5) is 5.69 Å². The van der Waals surface area contributed by atoms with Crippen molar-refractivity contribution in [2.75, 3.05) is 13.7 Å². The van der Waals surface area contributed by atoms with E-state index in [0.29, 0.717) is 4.92 Å². The third-order valence-electron chi connectivity index (χ3n) is 3.76. The standard InChI is InChI=1S/C21H28N2O7P/c1-16(20(24)28-15-21(2,3)4)22-31(26,29-18-9-7-6-8-10-18)30-19-13-11-17(12-14-19)23(25)27-5/h6-14,16H,15H2,1-5H3,(H,22,26)/q+1. The van der Waals surface area contributed by atoms with E-state index in [0.717, 1.165) is 0 Å². The Morgan fingerprint density at radius 3 is 2.10 bits per heavy atom. The summed E-state index contributed by atoms with van der Waals surface area (Å²) in [6.07, 6.45) is 0. The Hall–Kier alpha value is -2.90. The Kier molecular flexibility index (Phi) is 8.19. The summed E-state index contributed by atoms with van der Waals surface area (Å²) in [7, 11) is -2.82. The molecule has 2 atom stereocenters. The molecule has 10 heteroatoms. The second-order valence-electron chi connectivity index (χ2n) is 7.95. The van der Waals surface area contributed by atoms with Crippen LogP contribution in [0.1, 0.15) is 27.7 Å². The Labute approximate surface area is 181 Å². The van der Waals surface area contributed by atoms with Gasteiger partial charge >= 0.3 is 19.4 Å². The van der Waals surface area contributed by atoms with Gasteiger partial charge in [-0.2, -0.15) is 5.09 Å². The molecule has 2 unspecified atom stereocenters. The van der Waals surface area contributed by atoms with E-state index in [-0.39, 0.29) is 29.2 Å². The Morgan fingerprint density at radius 2 is 1.58 bits per heavy atom. The molecule has 1 N–H and O–H groups in total. The minimum atomic E-state index is -4.06. The lowest BCUT2D eigenvalue weighted by atomic mass is 9.99. The largest absolute Gasteiger partial charge is 0.513 e. The predicted octanol–water partition coefficient (Wildman–Crippen LogP) is 4.79. The van der Waals surface area contributed by atoms with Crippen LogP contribution in [0.2, 0.25) is 0 Å². The molecule has 0 aromatic heterocycles. The molecule has 31 heavy (non-hydrogen) atoms. The molecule has 0 amide bonds. The van der Waals surface area contributed by atoms with E-state index in [4.69, 9.17) is 13.8 Å². The smallest absolute Gasteiger partial charge is 0.464 e. The van der Waals surface area contributed by atoms with Crippen molar-refractivity contribution < 1.29 is 32.9 Å². The lowest BCUT2D eigenvalue weighted by molar-refractivity contribution is -0.736. The van der Waals surface area contributed by atoms with Crippen molar-refractivity contribution >= 4 is 19.4 Å². The highest BCUT2D eigenvalue weighted by molar-refractivity contribution is 7.52. The second kappa shape index (κ2) is 10.4. The molecule has 2 rings (SSSR count). The van der Waals surface area contributed by atoms with Crippen molar-refractivity contribution in [1.82, 2.24) is 5.09 Å². The van der Waals surface area contributed by atoms with Crippen LogP contribution in [0.25, 0.3) is 0 Å². The first-order valence-corrected chi connectivity index (χ1v) is 11.2. The highest BCUT2D eigenvalue weighted by Gasteiger charge is 2.34. The van der Waals surface area contributed by atoms with Gasteiger partial charge < -0.3 is 13.8 Å². The Balaban J connectivity index is 2.19. The van der Waals surface area contributed by atoms with E-state index in [1.807, 2.05) is 20.8 Å². The van der Waals surface area contributed by atoms with E-state index in [9.17, 15) is 14.3 Å². The summed E-state index contributed by atoms with van der Waals surface area (Å²) in [6.45, 7) is 7.51. The average Bonchev–Trinajstić information content (AvgIpc) is 2.71. The summed E-state index contributed by atoms with van der Waals surface area (Å²) in [4.78, 5) is 28.8. The number of nitrogens with zero attached hydrogens (tertiary/aromatic N) is 1. The van der Waals surface area contributed by atoms with Crippen LogP contribution in [-0.2, 0) is 18.9 Å². The van der Waals surface area contributed by atoms with Gasteiger partial charge in [-0.25, -0.2) is 9.40 Å². The maximum Gasteiger partial charge on any atom is 0.513 e. The molecule has 2 aromatic carbocycles. The fourth-order valence-corrected chi connectivity index (χ4v) is 3.79. The zero-order valence-corrected chi connectivity index (χ0v) is 19.1. The molecule has 0 aliphatic carbocycles. The van der Waals surface area contributed by atoms with Crippen LogP contribution >= 0.6 is 7.75 Å². The maximum atomic E-state index is 13.5. The molecule has 9 nitrogen and oxygen atoms in total. The molecular weight excluding hydrogens is 423 g/mol. The first kappa shape index (κ1) is 24.4. The van der Waals surface area contributed by atoms with Gasteiger partial charge in [0.05, 0.1) is 11.5 Å². The van der Waals surface area contributed by atoms with Crippen molar-refractivity contribution in [1.29, 1.82) is 0 Å². The Bertz CT molecular complexity index is 927. The van der Waals surface area contributed by atoms with Gasteiger partial charge in [0.2, 0.25) is 0 Å². The topological polar surface area (TPSA) is 103 Å². The highest BCUT2D eigenvalue weighted by Crippen LogP contribution is 2.45. The lowest BCUT2D eigenvalue weighted by Crippen LogP contribution is -2.37. The molecule has 168 valence electrons. The van der Waals surface area contributed by atoms with Crippen LogP contribution in [0.5, 0.6) is 11.5 Å². The minimum Gasteiger partial charge on any atom is -0.464 e. The predicted molar refractivity (Wildman–Crippen MR) is 115 cm³/mol. The van der Waals surface area contributed by atoms with Gasteiger partial charge in [-0.1, -0.05) is 39.0 Å². The molecule has 2 aromatic rings. The summed E-state index contributed by atoms with van der Waals surface area (Å²) in [5, 5.41) is 2.61. The zero-order valence-electron chi connectivity index (χ0n) is 18.2. The molecule has 0 saturated carbocycles. The SMILES string of the molecule is CO[N+](=O)c1ccc(OP(=O)(NC(C)C(=O)OCC(C)(C)C)Oc2ccccc2)cc1. The second-order valence-corrected chi connectivity index (χ2v) is 9.56. The molecule has 0 bridgehead atoms. The molecule has 0 saturated heterocycles. The molecule has 0 fully saturated rings. The number of esters is 1. The Morgan fingerprint density at radius 1 is 1.03 bits per heavy atom. The quantitative estimate of drug-likeness (QED) is 0.312. The van der Waals surface area contributed by atoms with Gasteiger partial charge in [0.1, 0.15) is 17.5 Å². The molecule has 0 aliphatic rings. The normalized spacial score (nSPS) is 14.1. The van der Waals surface area contributed by atoms with Gasteiger partial charge in [-0.05, 0) is 36.6 Å². The maximum absolute atomic E-state index is 13.5. The lowest BCUT2D eigenvalue weighted by Gasteiger charge is -2.24. The van der Waals surface area contributed by atoms with Crippen LogP contribution < -0.4 is 14.1 Å². The zero-order chi connectivity index (χ0) is 23.1. The number of nitrogens with one attached hydrogen (secondary N) is 1. The number of carbonyl (C=O) groups excluding carboxylic acids is 1. The fourth-order valence-electron chi connectivity index (χ4n) is 2.27. The van der Waals surface area contributed by atoms with Crippen LogP contribution in [0, 0.1) is 10.3 Å². The number of carbonyl (C=O) groups is 1. The first-order chi connectivity index (χ1) is 14.5. The highest BCUT2D eigenvalue weighted by atomic mass is 31.2. The number of para-hydroxylation sites is 1. The van der Waals surface area contributed by atoms with Gasteiger partial charge in [0, 0.05) is 12.1 Å². The third-order valence-corrected chi connectivity index (χ3v) is 5.37. The summed E-state index contributed by atoms with van der Waals surface area (Å²) in [5.74, 6) is -0.140. The summed E-state index contributed by atoms with van der Waals surface area (Å²) >= 11 is 0. The van der Waals surface area contributed by atoms with Crippen molar-refractivity contribution in [3.05, 3.63) is 59.5 Å². The number of hydrogen-bond acceptors (Lipinski definition) is 7. The van der Waals surface area contributed by atoms with Crippen molar-refractivity contribution in [3.8, 4) is 11.5 Å². The average molecular weight is 451 g/mol. The first-order valence-electron chi connectivity index (χ1n) is 9.61. The van der Waals surface area contributed by atoms with E-state index in [1.165, 1.54) is 38.3 Å². The number of benzene rings is 2. The molecule has 0 radical (unpaired) electrons. The monoisotopic (exact) mass is 451 g/mol. The van der Waals surface area contributed by atoms with Gasteiger partial charge in [-0.3, -0.25) is 4.79 Å². The van der Waals surface area contributed by atoms with Gasteiger partial charge in [-0.15, -0.1) is 0 Å². The summed E-state index contributed by atoms with van der Waals surface area (Å²) in [6, 6.07) is 13.2. The van der Waals surface area contributed by atoms with Crippen molar-refractivity contribution in [2.24, 2.45) is 5.41 Å². The number of ether oxygens (including phenoxy) is 1. The summed E-state index contributed by atoms with van der Waals surface area (Å²) in [5.41, 5.74) is 0.0101. The molecule has 0 heterocycles. The van der Waals surface area contributed by atoms with Gasteiger partial charge in [0.15, 0.2) is 7.11 Å². The fraction of sp³-hybridized carbons (Fsp3) is 0.381.